The smallest absolute Gasteiger partial charge is 0.262 e. The van der Waals surface area contributed by atoms with Crippen LogP contribution in [-0.4, -0.2) is 54.1 Å². The number of benzene rings is 2. The summed E-state index contributed by atoms with van der Waals surface area (Å²) >= 11 is 0. The molecular formula is C27H26N4O6. The first-order valence-electron chi connectivity index (χ1n) is 12.3. The number of ether oxygens (including phenoxy) is 1. The van der Waals surface area contributed by atoms with Crippen molar-refractivity contribution in [2.45, 2.75) is 63.3 Å². The first kappa shape index (κ1) is 22.7. The van der Waals surface area contributed by atoms with Crippen molar-refractivity contribution in [3.63, 3.8) is 0 Å². The molecule has 1 aromatic heterocycles. The lowest BCUT2D eigenvalue weighted by atomic mass is 9.72. The number of hydrogen-bond acceptors (Lipinski definition) is 8. The average Bonchev–Trinajstić information content (AvgIpc) is 3.40. The summed E-state index contributed by atoms with van der Waals surface area (Å²) in [4.78, 5) is 47.1. The minimum absolute atomic E-state index is 0.0196. The first-order chi connectivity index (χ1) is 17.4. The van der Waals surface area contributed by atoms with Gasteiger partial charge in [0.2, 0.25) is 11.6 Å². The third kappa shape index (κ3) is 2.32. The van der Waals surface area contributed by atoms with Crippen LogP contribution in [0.1, 0.15) is 56.3 Å². The van der Waals surface area contributed by atoms with Crippen LogP contribution in [0.25, 0.3) is 10.9 Å². The van der Waals surface area contributed by atoms with Crippen molar-refractivity contribution >= 4 is 28.3 Å². The molecule has 1 amide bonds. The van der Waals surface area contributed by atoms with Crippen molar-refractivity contribution < 1.29 is 24.6 Å². The molecule has 4 aliphatic rings. The lowest BCUT2D eigenvalue weighted by Gasteiger charge is -2.46. The Balaban J connectivity index is 1.52. The number of para-hydroxylation sites is 2. The van der Waals surface area contributed by atoms with Crippen LogP contribution in [-0.2, 0) is 15.1 Å². The Bertz CT molecular complexity index is 1630. The highest BCUT2D eigenvalue weighted by Crippen LogP contribution is 2.65. The van der Waals surface area contributed by atoms with Crippen LogP contribution < -0.4 is 10.5 Å². The van der Waals surface area contributed by atoms with Crippen molar-refractivity contribution in [3.05, 3.63) is 70.3 Å². The van der Waals surface area contributed by atoms with Crippen LogP contribution in [0.4, 0.5) is 5.69 Å². The summed E-state index contributed by atoms with van der Waals surface area (Å²) in [6.45, 7) is 6.38. The molecule has 2 saturated heterocycles. The van der Waals surface area contributed by atoms with E-state index in [9.17, 15) is 24.7 Å². The number of Topliss-reactive ketones (excluding diaryl/α,β-unsaturated/α-hetero) is 1. The number of carbonyl (C=O) groups is 2. The zero-order valence-electron chi connectivity index (χ0n) is 20.8. The number of rotatable bonds is 0. The third-order valence-electron chi connectivity index (χ3n) is 8.90. The SMILES string of the molecule is CC1(C)C(=O)N2c3ccccc3[C@@]3(C[C@H]4n5c(nc6ccccc6c5=O)C(=O)C(C)(C)[C@@]4(O)O3)[C@@H]2N1O. The molecule has 10 nitrogen and oxygen atoms in total. The highest BCUT2D eigenvalue weighted by atomic mass is 16.7. The van der Waals surface area contributed by atoms with Gasteiger partial charge in [-0.15, -0.1) is 0 Å². The van der Waals surface area contributed by atoms with Gasteiger partial charge in [-0.25, -0.2) is 4.98 Å². The number of carbonyl (C=O) groups excluding carboxylic acids is 2. The predicted molar refractivity (Wildman–Crippen MR) is 131 cm³/mol. The van der Waals surface area contributed by atoms with Gasteiger partial charge in [0.05, 0.1) is 28.0 Å². The summed E-state index contributed by atoms with van der Waals surface area (Å²) in [6, 6.07) is 12.9. The van der Waals surface area contributed by atoms with Gasteiger partial charge in [-0.3, -0.25) is 23.9 Å². The molecule has 0 radical (unpaired) electrons. The Morgan fingerprint density at radius 1 is 1.00 bits per heavy atom. The maximum absolute atomic E-state index is 13.8. The van der Waals surface area contributed by atoms with E-state index in [0.29, 0.717) is 22.2 Å². The highest BCUT2D eigenvalue weighted by Gasteiger charge is 2.76. The molecule has 4 aliphatic heterocycles. The summed E-state index contributed by atoms with van der Waals surface area (Å²) in [5.74, 6) is -3.03. The average molecular weight is 503 g/mol. The molecule has 37 heavy (non-hydrogen) atoms. The molecule has 4 atom stereocenters. The van der Waals surface area contributed by atoms with Crippen molar-refractivity contribution in [3.8, 4) is 0 Å². The van der Waals surface area contributed by atoms with Gasteiger partial charge in [-0.2, -0.15) is 5.06 Å². The van der Waals surface area contributed by atoms with E-state index in [1.165, 1.54) is 9.47 Å². The van der Waals surface area contributed by atoms with Gasteiger partial charge in [0.25, 0.3) is 11.5 Å². The summed E-state index contributed by atoms with van der Waals surface area (Å²) in [6.07, 6.45) is -0.994. The lowest BCUT2D eigenvalue weighted by Crippen LogP contribution is -2.61. The number of nitrogens with zero attached hydrogens (tertiary/aromatic N) is 4. The molecule has 5 heterocycles. The maximum Gasteiger partial charge on any atom is 0.262 e. The Hall–Kier alpha value is -3.44. The second-order valence-corrected chi connectivity index (χ2v) is 11.5. The first-order valence-corrected chi connectivity index (χ1v) is 12.3. The number of aromatic nitrogens is 2. The fourth-order valence-corrected chi connectivity index (χ4v) is 6.73. The topological polar surface area (TPSA) is 125 Å². The largest absolute Gasteiger partial charge is 0.363 e. The molecule has 1 spiro atoms. The number of aliphatic hydroxyl groups is 1. The normalized spacial score (nSPS) is 33.1. The zero-order chi connectivity index (χ0) is 26.3. The van der Waals surface area contributed by atoms with E-state index in [1.807, 2.05) is 0 Å². The Labute approximate surface area is 211 Å². The van der Waals surface area contributed by atoms with Crippen molar-refractivity contribution in [1.82, 2.24) is 14.6 Å². The number of hydroxylamine groups is 2. The fraction of sp³-hybridized carbons (Fsp3) is 0.407. The standard InChI is InChI=1S/C27H26N4O6/c1-24(2)19(32)20-28-16-11-7-5-9-14(16)21(33)30(20)18-13-26(37-27(18,24)35)15-10-6-8-12-17(15)29-22(26)31(36)25(3,4)23(29)34/h5-12,18,22,35-36H,13H2,1-4H3/t18-,22+,26+,27+/m1/s1. The zero-order valence-corrected chi connectivity index (χ0v) is 20.8. The van der Waals surface area contributed by atoms with E-state index in [-0.39, 0.29) is 18.2 Å². The predicted octanol–water partition coefficient (Wildman–Crippen LogP) is 2.32. The minimum Gasteiger partial charge on any atom is -0.363 e. The summed E-state index contributed by atoms with van der Waals surface area (Å²) in [5.41, 5.74) is -3.11. The Morgan fingerprint density at radius 3 is 2.43 bits per heavy atom. The molecule has 0 unspecified atom stereocenters. The van der Waals surface area contributed by atoms with Crippen LogP contribution >= 0.6 is 0 Å². The van der Waals surface area contributed by atoms with E-state index in [0.717, 1.165) is 5.06 Å². The monoisotopic (exact) mass is 502 g/mol. The van der Waals surface area contributed by atoms with Gasteiger partial charge in [0.15, 0.2) is 5.82 Å². The molecular weight excluding hydrogens is 476 g/mol. The molecule has 0 saturated carbocycles. The molecule has 0 aliphatic carbocycles. The summed E-state index contributed by atoms with van der Waals surface area (Å²) < 4.78 is 7.86. The van der Waals surface area contributed by atoms with Gasteiger partial charge in [0.1, 0.15) is 17.3 Å². The van der Waals surface area contributed by atoms with Gasteiger partial charge < -0.3 is 15.1 Å². The van der Waals surface area contributed by atoms with Gasteiger partial charge >= 0.3 is 0 Å². The quantitative estimate of drug-likeness (QED) is 0.480. The van der Waals surface area contributed by atoms with Gasteiger partial charge in [0, 0.05) is 12.0 Å². The summed E-state index contributed by atoms with van der Waals surface area (Å²) in [7, 11) is 0. The number of ketones is 1. The number of hydrogen-bond donors (Lipinski definition) is 2. The molecule has 190 valence electrons. The van der Waals surface area contributed by atoms with E-state index in [2.05, 4.69) is 4.98 Å². The Kier molecular flexibility index (Phi) is 4.00. The van der Waals surface area contributed by atoms with Crippen LogP contribution in [0.5, 0.6) is 0 Å². The molecule has 2 fully saturated rings. The van der Waals surface area contributed by atoms with Crippen LogP contribution in [0.3, 0.4) is 0 Å². The van der Waals surface area contributed by atoms with Gasteiger partial charge in [-0.1, -0.05) is 30.3 Å². The van der Waals surface area contributed by atoms with Crippen LogP contribution in [0, 0.1) is 5.41 Å². The second kappa shape index (κ2) is 6.51. The van der Waals surface area contributed by atoms with Gasteiger partial charge in [-0.05, 0) is 45.9 Å². The minimum atomic E-state index is -2.13. The van der Waals surface area contributed by atoms with E-state index in [1.54, 1.807) is 76.2 Å². The van der Waals surface area contributed by atoms with Crippen LogP contribution in [0.15, 0.2) is 53.3 Å². The van der Waals surface area contributed by atoms with Crippen molar-refractivity contribution in [2.24, 2.45) is 5.41 Å². The second-order valence-electron chi connectivity index (χ2n) is 11.5. The number of amides is 1. The third-order valence-corrected chi connectivity index (χ3v) is 8.90. The molecule has 2 N–H and O–H groups in total. The van der Waals surface area contributed by atoms with E-state index in [4.69, 9.17) is 4.74 Å². The number of fused-ring (bicyclic) bond motifs is 9. The molecule has 3 aromatic rings. The van der Waals surface area contributed by atoms with E-state index >= 15 is 0 Å². The Morgan fingerprint density at radius 2 is 1.68 bits per heavy atom. The summed E-state index contributed by atoms with van der Waals surface area (Å²) in [5, 5.41) is 24.9. The van der Waals surface area contributed by atoms with Crippen molar-refractivity contribution in [2.75, 3.05) is 4.90 Å². The molecule has 2 aromatic carbocycles. The highest BCUT2D eigenvalue weighted by molar-refractivity contribution is 6.05. The lowest BCUT2D eigenvalue weighted by molar-refractivity contribution is -0.304. The maximum atomic E-state index is 13.8. The van der Waals surface area contributed by atoms with E-state index < -0.39 is 45.9 Å². The molecule has 0 bridgehead atoms. The molecule has 10 heteroatoms. The fourth-order valence-electron chi connectivity index (χ4n) is 6.73. The molecule has 7 rings (SSSR count). The number of anilines is 1. The van der Waals surface area contributed by atoms with Crippen molar-refractivity contribution in [1.29, 1.82) is 0 Å². The van der Waals surface area contributed by atoms with Crippen LogP contribution in [0.2, 0.25) is 0 Å².